The first-order valence-electron chi connectivity index (χ1n) is 8.67. The highest BCUT2D eigenvalue weighted by Crippen LogP contribution is 2.25. The van der Waals surface area contributed by atoms with Crippen LogP contribution in [0.2, 0.25) is 0 Å². The third kappa shape index (κ3) is 2.66. The van der Waals surface area contributed by atoms with E-state index in [-0.39, 0.29) is 5.78 Å². The van der Waals surface area contributed by atoms with Gasteiger partial charge in [-0.15, -0.1) is 10.2 Å². The highest BCUT2D eigenvalue weighted by Gasteiger charge is 2.15. The lowest BCUT2D eigenvalue weighted by atomic mass is 10.0. The molecule has 0 saturated heterocycles. The topological polar surface area (TPSA) is 71.5 Å². The Morgan fingerprint density at radius 1 is 1.08 bits per heavy atom. The molecule has 0 amide bonds. The number of carbonyl (C=O) groups is 1. The molecule has 0 fully saturated rings. The monoisotopic (exact) mass is 360 g/mol. The quantitative estimate of drug-likeness (QED) is 0.440. The number of thioether (sulfide) groups is 1. The highest BCUT2D eigenvalue weighted by atomic mass is 32.2. The van der Waals surface area contributed by atoms with Gasteiger partial charge in [-0.3, -0.25) is 4.79 Å². The highest BCUT2D eigenvalue weighted by molar-refractivity contribution is 7.99. The number of hydrogen-bond acceptors (Lipinski definition) is 5. The van der Waals surface area contributed by atoms with Crippen molar-refractivity contribution in [2.24, 2.45) is 0 Å². The molecule has 0 spiro atoms. The van der Waals surface area contributed by atoms with Gasteiger partial charge in [0.2, 0.25) is 5.16 Å². The molecule has 26 heavy (non-hydrogen) atoms. The van der Waals surface area contributed by atoms with Crippen LogP contribution in [0.5, 0.6) is 0 Å². The van der Waals surface area contributed by atoms with E-state index in [2.05, 4.69) is 26.2 Å². The van der Waals surface area contributed by atoms with E-state index in [0.717, 1.165) is 34.8 Å². The first kappa shape index (κ1) is 15.5. The second-order valence-corrected chi connectivity index (χ2v) is 7.45. The van der Waals surface area contributed by atoms with Gasteiger partial charge >= 0.3 is 0 Å². The summed E-state index contributed by atoms with van der Waals surface area (Å²) >= 11 is 1.33. The lowest BCUT2D eigenvalue weighted by molar-refractivity contribution is 0.102. The molecule has 0 aliphatic heterocycles. The van der Waals surface area contributed by atoms with Crippen molar-refractivity contribution in [3.05, 3.63) is 59.2 Å². The van der Waals surface area contributed by atoms with Gasteiger partial charge in [0.05, 0.1) is 5.75 Å². The van der Waals surface area contributed by atoms with Gasteiger partial charge < -0.3 is 4.98 Å². The molecule has 2 heterocycles. The van der Waals surface area contributed by atoms with Crippen molar-refractivity contribution in [1.29, 1.82) is 0 Å². The molecule has 2 aromatic carbocycles. The molecule has 0 saturated carbocycles. The number of benzene rings is 2. The maximum Gasteiger partial charge on any atom is 0.211 e. The van der Waals surface area contributed by atoms with Crippen LogP contribution in [0.4, 0.5) is 0 Å². The Hall–Kier alpha value is -2.73. The van der Waals surface area contributed by atoms with Crippen LogP contribution in [-0.2, 0) is 12.8 Å². The summed E-state index contributed by atoms with van der Waals surface area (Å²) < 4.78 is 0. The second kappa shape index (κ2) is 6.21. The van der Waals surface area contributed by atoms with Gasteiger partial charge in [-0.1, -0.05) is 42.1 Å². The lowest BCUT2D eigenvalue weighted by Crippen LogP contribution is -2.04. The summed E-state index contributed by atoms with van der Waals surface area (Å²) in [6.45, 7) is 0. The summed E-state index contributed by atoms with van der Waals surface area (Å²) in [5.41, 5.74) is 5.92. The average Bonchev–Trinajstić information content (AvgIpc) is 3.29. The number of nitrogens with one attached hydrogen (secondary N) is 1. The first-order chi connectivity index (χ1) is 12.8. The van der Waals surface area contributed by atoms with Gasteiger partial charge in [-0.2, -0.15) is 0 Å². The minimum Gasteiger partial charge on any atom is -0.338 e. The average molecular weight is 360 g/mol. The fraction of sp³-hybridized carbons (Fsp3) is 0.200. The molecule has 0 unspecified atom stereocenters. The molecular weight excluding hydrogens is 344 g/mol. The zero-order chi connectivity index (χ0) is 17.5. The minimum absolute atomic E-state index is 0.102. The SMILES string of the molecule is O=C(CSc1nnc2c(n1)[nH]c1ccccc12)c1ccc2c(c1)CCC2. The van der Waals surface area contributed by atoms with E-state index < -0.39 is 0 Å². The number of carbonyl (C=O) groups excluding carboxylic acids is 1. The number of para-hydroxylation sites is 1. The van der Waals surface area contributed by atoms with Crippen LogP contribution in [0.25, 0.3) is 22.1 Å². The summed E-state index contributed by atoms with van der Waals surface area (Å²) in [5.74, 6) is 0.414. The number of aromatic amines is 1. The first-order valence-corrected chi connectivity index (χ1v) is 9.65. The van der Waals surface area contributed by atoms with E-state index in [9.17, 15) is 4.79 Å². The Bertz CT molecular complexity index is 1150. The fourth-order valence-electron chi connectivity index (χ4n) is 3.53. The molecule has 1 N–H and O–H groups in total. The summed E-state index contributed by atoms with van der Waals surface area (Å²) in [7, 11) is 0. The normalized spacial score (nSPS) is 13.4. The Labute approximate surface area is 154 Å². The molecule has 2 aromatic heterocycles. The van der Waals surface area contributed by atoms with Gasteiger partial charge in [-0.25, -0.2) is 4.98 Å². The molecule has 5 rings (SSSR count). The van der Waals surface area contributed by atoms with E-state index >= 15 is 0 Å². The molecule has 128 valence electrons. The Balaban J connectivity index is 1.36. The van der Waals surface area contributed by atoms with Crippen LogP contribution in [0, 0.1) is 0 Å². The van der Waals surface area contributed by atoms with Crippen molar-refractivity contribution in [2.45, 2.75) is 24.4 Å². The number of ketones is 1. The number of rotatable bonds is 4. The van der Waals surface area contributed by atoms with Crippen LogP contribution in [0.1, 0.15) is 27.9 Å². The second-order valence-electron chi connectivity index (χ2n) is 6.51. The van der Waals surface area contributed by atoms with E-state index in [1.807, 2.05) is 36.4 Å². The number of nitrogens with zero attached hydrogens (tertiary/aromatic N) is 3. The summed E-state index contributed by atoms with van der Waals surface area (Å²) in [6.07, 6.45) is 3.39. The van der Waals surface area contributed by atoms with Crippen molar-refractivity contribution < 1.29 is 4.79 Å². The fourth-order valence-corrected chi connectivity index (χ4v) is 4.21. The van der Waals surface area contributed by atoms with Crippen LogP contribution in [0.3, 0.4) is 0 Å². The molecule has 1 aliphatic carbocycles. The Morgan fingerprint density at radius 2 is 1.96 bits per heavy atom. The lowest BCUT2D eigenvalue weighted by Gasteiger charge is -2.04. The van der Waals surface area contributed by atoms with Gasteiger partial charge in [0.15, 0.2) is 11.4 Å². The van der Waals surface area contributed by atoms with E-state index in [1.165, 1.54) is 29.3 Å². The Morgan fingerprint density at radius 3 is 2.92 bits per heavy atom. The predicted octanol–water partition coefficient (Wildman–Crippen LogP) is 3.97. The molecule has 6 heteroatoms. The van der Waals surface area contributed by atoms with E-state index in [0.29, 0.717) is 16.6 Å². The summed E-state index contributed by atoms with van der Waals surface area (Å²) in [5, 5.41) is 9.99. The molecule has 5 nitrogen and oxygen atoms in total. The minimum atomic E-state index is 0.102. The van der Waals surface area contributed by atoms with Crippen LogP contribution < -0.4 is 0 Å². The van der Waals surface area contributed by atoms with Gasteiger partial charge in [0.25, 0.3) is 0 Å². The number of aryl methyl sites for hydroxylation is 2. The summed E-state index contributed by atoms with van der Waals surface area (Å²) in [6, 6.07) is 14.0. The third-order valence-electron chi connectivity index (χ3n) is 4.86. The van der Waals surface area contributed by atoms with Crippen LogP contribution >= 0.6 is 11.8 Å². The van der Waals surface area contributed by atoms with Crippen molar-refractivity contribution in [1.82, 2.24) is 20.2 Å². The molecule has 1 aliphatic rings. The number of Topliss-reactive ketones (excluding diaryl/α,β-unsaturated/α-hetero) is 1. The molecule has 4 aromatic rings. The van der Waals surface area contributed by atoms with Crippen molar-refractivity contribution in [3.63, 3.8) is 0 Å². The van der Waals surface area contributed by atoms with E-state index in [4.69, 9.17) is 0 Å². The predicted molar refractivity (Wildman–Crippen MR) is 103 cm³/mol. The smallest absolute Gasteiger partial charge is 0.211 e. The largest absolute Gasteiger partial charge is 0.338 e. The van der Waals surface area contributed by atoms with E-state index in [1.54, 1.807) is 0 Å². The standard InChI is InChI=1S/C20H16N4OS/c25-17(14-9-8-12-4-3-5-13(12)10-14)11-26-20-22-19-18(23-24-20)15-6-1-2-7-16(15)21-19/h1-2,6-10H,3-5,11H2,(H,21,22,24). The zero-order valence-electron chi connectivity index (χ0n) is 14.0. The Kier molecular flexibility index (Phi) is 3.71. The number of H-pyrrole nitrogens is 1. The molecule has 0 atom stereocenters. The van der Waals surface area contributed by atoms with Crippen LogP contribution in [0.15, 0.2) is 47.6 Å². The number of hydrogen-bond donors (Lipinski definition) is 1. The molecular formula is C20H16N4OS. The van der Waals surface area contributed by atoms with Crippen molar-refractivity contribution in [2.75, 3.05) is 5.75 Å². The van der Waals surface area contributed by atoms with Gasteiger partial charge in [-0.05, 0) is 42.5 Å². The van der Waals surface area contributed by atoms with Crippen molar-refractivity contribution in [3.8, 4) is 0 Å². The zero-order valence-corrected chi connectivity index (χ0v) is 14.8. The van der Waals surface area contributed by atoms with Crippen molar-refractivity contribution >= 4 is 39.6 Å². The molecule has 0 bridgehead atoms. The van der Waals surface area contributed by atoms with Crippen LogP contribution in [-0.4, -0.2) is 31.7 Å². The maximum atomic E-state index is 12.5. The van der Waals surface area contributed by atoms with Gasteiger partial charge in [0, 0.05) is 16.5 Å². The number of fused-ring (bicyclic) bond motifs is 4. The maximum absolute atomic E-state index is 12.5. The third-order valence-corrected chi connectivity index (χ3v) is 5.69. The van der Waals surface area contributed by atoms with Gasteiger partial charge in [0.1, 0.15) is 5.52 Å². The number of aromatic nitrogens is 4. The molecule has 0 radical (unpaired) electrons. The summed E-state index contributed by atoms with van der Waals surface area (Å²) in [4.78, 5) is 20.3.